The van der Waals surface area contributed by atoms with Gasteiger partial charge in [-0.25, -0.2) is 4.79 Å². The van der Waals surface area contributed by atoms with Crippen LogP contribution in [0.2, 0.25) is 0 Å². The lowest BCUT2D eigenvalue weighted by atomic mass is 10.0. The van der Waals surface area contributed by atoms with E-state index >= 15 is 0 Å². The minimum atomic E-state index is -2.14. The molecule has 16 nitrogen and oxygen atoms in total. The molecule has 0 aliphatic carbocycles. The number of aliphatic hydroxyl groups is 4. The van der Waals surface area contributed by atoms with E-state index < -0.39 is 91.8 Å². The number of ether oxygens (including phenoxy) is 1. The summed E-state index contributed by atoms with van der Waals surface area (Å²) in [4.78, 5) is 67.1. The molecule has 4 amide bonds. The Kier molecular flexibility index (Phi) is 13.3. The third kappa shape index (κ3) is 10.2. The molecule has 0 saturated carbocycles. The predicted molar refractivity (Wildman–Crippen MR) is 175 cm³/mol. The van der Waals surface area contributed by atoms with Gasteiger partial charge >= 0.3 is 5.97 Å². The second kappa shape index (κ2) is 17.4. The molecule has 7 atom stereocenters. The predicted octanol–water partition coefficient (Wildman–Crippen LogP) is -2.40. The zero-order chi connectivity index (χ0) is 36.5. The van der Waals surface area contributed by atoms with Gasteiger partial charge in [0.2, 0.25) is 23.6 Å². The molecular formula is C34H44N5O11. The van der Waals surface area contributed by atoms with E-state index in [9.17, 15) is 49.5 Å². The number of phenols is 1. The first-order valence-electron chi connectivity index (χ1n) is 16.2. The Morgan fingerprint density at radius 3 is 2.08 bits per heavy atom. The average molecular weight is 699 g/mol. The number of carbonyl (C=O) groups excluding carboxylic acids is 5. The molecule has 0 aromatic heterocycles. The van der Waals surface area contributed by atoms with Gasteiger partial charge in [0.25, 0.3) is 0 Å². The van der Waals surface area contributed by atoms with E-state index in [-0.39, 0.29) is 37.1 Å². The van der Waals surface area contributed by atoms with E-state index in [1.165, 1.54) is 12.1 Å². The number of aliphatic hydroxyl groups excluding tert-OH is 4. The number of rotatable bonds is 6. The zero-order valence-corrected chi connectivity index (χ0v) is 27.7. The molecule has 9 N–H and O–H groups in total. The largest absolute Gasteiger partial charge is 0.508 e. The molecule has 2 aliphatic rings. The van der Waals surface area contributed by atoms with Gasteiger partial charge in [-0.2, -0.15) is 0 Å². The van der Waals surface area contributed by atoms with E-state index in [1.54, 1.807) is 56.3 Å². The van der Waals surface area contributed by atoms with E-state index in [0.717, 1.165) is 4.90 Å². The highest BCUT2D eigenvalue weighted by atomic mass is 16.5. The average Bonchev–Trinajstić information content (AvgIpc) is 3.38. The maximum Gasteiger partial charge on any atom is 0.328 e. The maximum absolute atomic E-state index is 13.5. The van der Waals surface area contributed by atoms with Crippen LogP contribution in [0.25, 0.3) is 0 Å². The van der Waals surface area contributed by atoms with Crippen molar-refractivity contribution in [1.29, 1.82) is 0 Å². The summed E-state index contributed by atoms with van der Waals surface area (Å²) in [5.41, 5.74) is 1.30. The van der Waals surface area contributed by atoms with Crippen LogP contribution in [0.15, 0.2) is 54.6 Å². The van der Waals surface area contributed by atoms with Crippen LogP contribution in [0, 0.1) is 12.1 Å². The molecule has 16 heteroatoms. The van der Waals surface area contributed by atoms with Crippen LogP contribution in [-0.4, -0.2) is 122 Å². The van der Waals surface area contributed by atoms with Crippen LogP contribution in [0.1, 0.15) is 31.4 Å². The maximum atomic E-state index is 13.5. The number of nitrogens with zero attached hydrogens (tertiary/aromatic N) is 1. The highest BCUT2D eigenvalue weighted by molar-refractivity contribution is 5.94. The molecule has 2 heterocycles. The normalized spacial score (nSPS) is 28.1. The van der Waals surface area contributed by atoms with Crippen molar-refractivity contribution in [2.45, 2.75) is 75.7 Å². The second-order valence-electron chi connectivity index (χ2n) is 12.8. The van der Waals surface area contributed by atoms with Gasteiger partial charge in [-0.3, -0.25) is 24.5 Å². The fourth-order valence-electron chi connectivity index (χ4n) is 5.62. The molecule has 4 rings (SSSR count). The van der Waals surface area contributed by atoms with Crippen molar-refractivity contribution in [2.24, 2.45) is 5.92 Å². The van der Waals surface area contributed by atoms with Gasteiger partial charge in [0.15, 0.2) is 6.17 Å². The lowest BCUT2D eigenvalue weighted by molar-refractivity contribution is -0.159. The number of fused-ring (bicyclic) bond motifs is 1. The highest BCUT2D eigenvalue weighted by Gasteiger charge is 2.48. The van der Waals surface area contributed by atoms with Crippen molar-refractivity contribution in [1.82, 2.24) is 26.2 Å². The first-order chi connectivity index (χ1) is 23.7. The molecule has 0 unspecified atom stereocenters. The zero-order valence-electron chi connectivity index (χ0n) is 27.7. The summed E-state index contributed by atoms with van der Waals surface area (Å²) in [6.07, 6.45) is -8.39. The molecule has 271 valence electrons. The van der Waals surface area contributed by atoms with Crippen LogP contribution in [-0.2, 0) is 41.6 Å². The third-order valence-corrected chi connectivity index (χ3v) is 8.29. The minimum absolute atomic E-state index is 0.000686. The number of nitrogens with one attached hydrogen (secondary N) is 4. The minimum Gasteiger partial charge on any atom is -0.508 e. The lowest BCUT2D eigenvalue weighted by Gasteiger charge is -2.32. The van der Waals surface area contributed by atoms with Gasteiger partial charge in [0.1, 0.15) is 55.4 Å². The summed E-state index contributed by atoms with van der Waals surface area (Å²) in [5, 5.41) is 63.3. The number of amides is 4. The van der Waals surface area contributed by atoms with Gasteiger partial charge in [0.05, 0.1) is 12.6 Å². The van der Waals surface area contributed by atoms with Gasteiger partial charge < -0.3 is 51.1 Å². The number of esters is 1. The first-order valence-corrected chi connectivity index (χ1v) is 16.2. The highest BCUT2D eigenvalue weighted by Crippen LogP contribution is 2.26. The van der Waals surface area contributed by atoms with E-state index in [4.69, 9.17) is 4.74 Å². The Morgan fingerprint density at radius 1 is 0.780 bits per heavy atom. The summed E-state index contributed by atoms with van der Waals surface area (Å²) < 4.78 is 5.22. The van der Waals surface area contributed by atoms with Crippen molar-refractivity contribution < 1.29 is 54.2 Å². The topological polar surface area (TPSA) is 247 Å². The number of hydrogen-bond acceptors (Lipinski definition) is 12. The standard InChI is InChI=1S/C34H44N5O11/c1-18(2)12-24-34(49)50-17-25(41)28(44)29(45)30(46)31-37-23(14-20-8-10-21(40)11-9-20)33(48)39(31)16-27(43)35-15-26(42)36-22(32(47)38-24)13-19-6-4-3-5-7-19/h3-11,18,22-25,28-30,37,40-41,44-46H,12-17H2,1-2H3,(H,35,43)(H,36,42)(H,38,47)/t22-,23-,24-,25+,28+,29-,30+/m0/s1. The summed E-state index contributed by atoms with van der Waals surface area (Å²) in [5.74, 6) is -4.07. The number of hydrogen-bond donors (Lipinski definition) is 9. The molecule has 0 bridgehead atoms. The molecule has 2 aliphatic heterocycles. The van der Waals surface area contributed by atoms with Crippen molar-refractivity contribution in [2.75, 3.05) is 19.7 Å². The quantitative estimate of drug-likeness (QED) is 0.143. The Labute approximate surface area is 288 Å². The monoisotopic (exact) mass is 698 g/mol. The molecule has 2 fully saturated rings. The summed E-state index contributed by atoms with van der Waals surface area (Å²) in [6, 6.07) is 11.3. The van der Waals surface area contributed by atoms with Crippen LogP contribution < -0.4 is 21.3 Å². The fraction of sp³-hybridized carbons (Fsp3) is 0.471. The molecular weight excluding hydrogens is 654 g/mol. The summed E-state index contributed by atoms with van der Waals surface area (Å²) >= 11 is 0. The van der Waals surface area contributed by atoms with E-state index in [2.05, 4.69) is 21.3 Å². The Morgan fingerprint density at radius 2 is 1.42 bits per heavy atom. The van der Waals surface area contributed by atoms with Crippen molar-refractivity contribution in [3.63, 3.8) is 0 Å². The van der Waals surface area contributed by atoms with Crippen molar-refractivity contribution in [3.8, 4) is 5.75 Å². The van der Waals surface area contributed by atoms with Crippen molar-refractivity contribution in [3.05, 3.63) is 71.9 Å². The number of aromatic hydroxyl groups is 1. The summed E-state index contributed by atoms with van der Waals surface area (Å²) in [7, 11) is 0. The number of carbonyl (C=O) groups is 5. The first kappa shape index (κ1) is 38.2. The third-order valence-electron chi connectivity index (χ3n) is 8.29. The van der Waals surface area contributed by atoms with Crippen LogP contribution >= 0.6 is 0 Å². The van der Waals surface area contributed by atoms with Crippen molar-refractivity contribution >= 4 is 29.6 Å². The number of cyclic esters (lactones) is 1. The Hall–Kier alpha value is -4.61. The molecule has 50 heavy (non-hydrogen) atoms. The molecule has 1 radical (unpaired) electrons. The van der Waals surface area contributed by atoms with Crippen LogP contribution in [0.3, 0.4) is 0 Å². The van der Waals surface area contributed by atoms with Gasteiger partial charge in [-0.1, -0.05) is 56.3 Å². The smallest absolute Gasteiger partial charge is 0.328 e. The second-order valence-corrected chi connectivity index (χ2v) is 12.8. The molecule has 2 saturated heterocycles. The molecule has 2 aromatic carbocycles. The molecule has 2 aromatic rings. The van der Waals surface area contributed by atoms with Gasteiger partial charge in [0, 0.05) is 6.42 Å². The Bertz CT molecular complexity index is 1490. The molecule has 0 spiro atoms. The van der Waals surface area contributed by atoms with E-state index in [1.807, 2.05) is 0 Å². The Balaban J connectivity index is 1.61. The SMILES string of the molecule is CC(C)C[C@@H]1NC(=O)[C@H](Cc2ccccc2)NC(=O)CNC(=O)CN2[C](N[C@@H](Cc3ccc(O)cc3)C2=O)[C@H](O)[C@@H](O)[C@H](O)[C@H](O)COC1=O. The number of phenolic OH excluding ortho intramolecular Hbond substituents is 1. The fourth-order valence-corrected chi connectivity index (χ4v) is 5.62. The van der Waals surface area contributed by atoms with Gasteiger partial charge in [-0.15, -0.1) is 0 Å². The number of benzene rings is 2. The lowest BCUT2D eigenvalue weighted by Crippen LogP contribution is -2.54. The van der Waals surface area contributed by atoms with Crippen LogP contribution in [0.5, 0.6) is 5.75 Å². The van der Waals surface area contributed by atoms with Gasteiger partial charge in [-0.05, 0) is 42.0 Å². The summed E-state index contributed by atoms with van der Waals surface area (Å²) in [6.45, 7) is 1.44. The van der Waals surface area contributed by atoms with Crippen LogP contribution in [0.4, 0.5) is 0 Å². The van der Waals surface area contributed by atoms with E-state index in [0.29, 0.717) is 11.1 Å².